The number of hydrogen-bond donors (Lipinski definition) is 1. The number of ether oxygens (including phenoxy) is 2. The van der Waals surface area contributed by atoms with E-state index in [9.17, 15) is 8.42 Å². The van der Waals surface area contributed by atoms with E-state index in [1.54, 1.807) is 13.8 Å². The van der Waals surface area contributed by atoms with Crippen LogP contribution in [0.3, 0.4) is 0 Å². The highest BCUT2D eigenvalue weighted by Crippen LogP contribution is 2.38. The zero-order valence-electron chi connectivity index (χ0n) is 10.2. The van der Waals surface area contributed by atoms with Gasteiger partial charge in [-0.05, 0) is 36.2 Å². The molecule has 0 radical (unpaired) electrons. The van der Waals surface area contributed by atoms with Crippen LogP contribution in [0, 0.1) is 0 Å². The molecular formula is C10H15NO5S2. The first-order valence-electron chi connectivity index (χ1n) is 5.28. The van der Waals surface area contributed by atoms with Crippen molar-refractivity contribution in [3.8, 4) is 0 Å². The van der Waals surface area contributed by atoms with E-state index >= 15 is 0 Å². The van der Waals surface area contributed by atoms with E-state index < -0.39 is 28.4 Å². The molecule has 2 unspecified atom stereocenters. The molecular weight excluding hydrogens is 278 g/mol. The Bertz CT molecular complexity index is 496. The molecule has 1 N–H and O–H groups in total. The fourth-order valence-corrected chi connectivity index (χ4v) is 2.96. The molecule has 1 aromatic heterocycles. The van der Waals surface area contributed by atoms with E-state index in [1.807, 2.05) is 16.8 Å². The molecule has 1 saturated heterocycles. The van der Waals surface area contributed by atoms with Crippen LogP contribution < -0.4 is 4.72 Å². The fourth-order valence-electron chi connectivity index (χ4n) is 1.72. The van der Waals surface area contributed by atoms with Gasteiger partial charge in [0.2, 0.25) is 0 Å². The Balaban J connectivity index is 2.22. The Morgan fingerprint density at radius 1 is 1.44 bits per heavy atom. The second kappa shape index (κ2) is 4.87. The Kier molecular flexibility index (Phi) is 3.77. The molecule has 0 aliphatic carbocycles. The highest BCUT2D eigenvalue weighted by molar-refractivity contribution is 7.84. The molecule has 1 aromatic rings. The SMILES string of the molecule is COS(=O)(=O)NC1OC(C)(C)OC1c1ccsc1. The molecule has 0 amide bonds. The number of thiophene rings is 1. The van der Waals surface area contributed by atoms with Gasteiger partial charge in [-0.25, -0.2) is 0 Å². The molecule has 1 aliphatic rings. The van der Waals surface area contributed by atoms with Crippen LogP contribution in [0.25, 0.3) is 0 Å². The number of nitrogens with one attached hydrogen (secondary N) is 1. The Morgan fingerprint density at radius 2 is 2.17 bits per heavy atom. The Labute approximate surface area is 110 Å². The Morgan fingerprint density at radius 3 is 2.72 bits per heavy atom. The lowest BCUT2D eigenvalue weighted by molar-refractivity contribution is -0.147. The van der Waals surface area contributed by atoms with Gasteiger partial charge < -0.3 is 9.47 Å². The van der Waals surface area contributed by atoms with Crippen LogP contribution in [0.5, 0.6) is 0 Å². The molecule has 8 heteroatoms. The third-order valence-electron chi connectivity index (χ3n) is 2.45. The van der Waals surface area contributed by atoms with Crippen LogP contribution in [0.2, 0.25) is 0 Å². The maximum atomic E-state index is 11.4. The highest BCUT2D eigenvalue weighted by atomic mass is 32.2. The van der Waals surface area contributed by atoms with Crippen LogP contribution in [0.1, 0.15) is 25.5 Å². The van der Waals surface area contributed by atoms with Crippen molar-refractivity contribution in [2.45, 2.75) is 32.0 Å². The summed E-state index contributed by atoms with van der Waals surface area (Å²) in [5.41, 5.74) is 0.870. The average Bonchev–Trinajstić information content (AvgIpc) is 2.85. The van der Waals surface area contributed by atoms with Crippen LogP contribution in [0.15, 0.2) is 16.8 Å². The van der Waals surface area contributed by atoms with Crippen molar-refractivity contribution in [1.82, 2.24) is 4.72 Å². The maximum absolute atomic E-state index is 11.4. The summed E-state index contributed by atoms with van der Waals surface area (Å²) < 4.78 is 40.7. The third kappa shape index (κ3) is 3.08. The summed E-state index contributed by atoms with van der Waals surface area (Å²) in [5, 5.41) is 3.79. The zero-order chi connectivity index (χ0) is 13.4. The molecule has 1 aliphatic heterocycles. The van der Waals surface area contributed by atoms with Crippen LogP contribution in [-0.2, 0) is 24.0 Å². The highest BCUT2D eigenvalue weighted by Gasteiger charge is 2.44. The molecule has 2 atom stereocenters. The van der Waals surface area contributed by atoms with Gasteiger partial charge in [0.05, 0.1) is 7.11 Å². The van der Waals surface area contributed by atoms with Gasteiger partial charge in [0.25, 0.3) is 0 Å². The van der Waals surface area contributed by atoms with Crippen LogP contribution in [0.4, 0.5) is 0 Å². The smallest absolute Gasteiger partial charge is 0.337 e. The minimum Gasteiger partial charge on any atom is -0.338 e. The first kappa shape index (κ1) is 13.9. The van der Waals surface area contributed by atoms with E-state index in [-0.39, 0.29) is 0 Å². The first-order valence-corrected chi connectivity index (χ1v) is 7.64. The summed E-state index contributed by atoms with van der Waals surface area (Å²) in [7, 11) is -2.74. The van der Waals surface area contributed by atoms with Crippen molar-refractivity contribution < 1.29 is 22.1 Å². The maximum Gasteiger partial charge on any atom is 0.337 e. The standard InChI is InChI=1S/C10H15NO5S2/c1-10(2)15-8(7-4-5-17-6-7)9(16-10)11-18(12,13)14-3/h4-6,8-9,11H,1-3H3. The molecule has 1 fully saturated rings. The van der Waals surface area contributed by atoms with Gasteiger partial charge in [0.1, 0.15) is 6.10 Å². The van der Waals surface area contributed by atoms with Gasteiger partial charge in [0, 0.05) is 0 Å². The predicted octanol–water partition coefficient (Wildman–Crippen LogP) is 1.38. The molecule has 0 spiro atoms. The molecule has 18 heavy (non-hydrogen) atoms. The van der Waals surface area contributed by atoms with Gasteiger partial charge in [-0.2, -0.15) is 24.5 Å². The number of hydrogen-bond acceptors (Lipinski definition) is 6. The van der Waals surface area contributed by atoms with Crippen molar-refractivity contribution in [3.05, 3.63) is 22.4 Å². The summed E-state index contributed by atoms with van der Waals surface area (Å²) >= 11 is 1.51. The lowest BCUT2D eigenvalue weighted by Crippen LogP contribution is -2.39. The van der Waals surface area contributed by atoms with Crippen LogP contribution >= 0.6 is 11.3 Å². The molecule has 2 heterocycles. The molecule has 0 aromatic carbocycles. The first-order chi connectivity index (χ1) is 8.33. The van der Waals surface area contributed by atoms with Crippen molar-refractivity contribution in [3.63, 3.8) is 0 Å². The lowest BCUT2D eigenvalue weighted by atomic mass is 10.2. The van der Waals surface area contributed by atoms with E-state index in [4.69, 9.17) is 9.47 Å². The zero-order valence-corrected chi connectivity index (χ0v) is 11.9. The summed E-state index contributed by atoms with van der Waals surface area (Å²) in [6, 6.07) is 1.87. The molecule has 0 bridgehead atoms. The van der Waals surface area contributed by atoms with Gasteiger partial charge in [-0.15, -0.1) is 0 Å². The van der Waals surface area contributed by atoms with Gasteiger partial charge in [-0.1, -0.05) is 0 Å². The Hall–Kier alpha value is -0.510. The van der Waals surface area contributed by atoms with E-state index in [0.717, 1.165) is 12.7 Å². The van der Waals surface area contributed by atoms with Crippen molar-refractivity contribution >= 4 is 21.6 Å². The lowest BCUT2D eigenvalue weighted by Gasteiger charge is -2.16. The molecule has 102 valence electrons. The third-order valence-corrected chi connectivity index (χ3v) is 4.11. The second-order valence-corrected chi connectivity index (χ2v) is 6.53. The van der Waals surface area contributed by atoms with E-state index in [2.05, 4.69) is 8.91 Å². The minimum atomic E-state index is -3.83. The topological polar surface area (TPSA) is 73.9 Å². The van der Waals surface area contributed by atoms with Crippen molar-refractivity contribution in [2.75, 3.05) is 7.11 Å². The summed E-state index contributed by atoms with van der Waals surface area (Å²) in [4.78, 5) is 0. The van der Waals surface area contributed by atoms with Crippen LogP contribution in [-0.4, -0.2) is 27.5 Å². The second-order valence-electron chi connectivity index (χ2n) is 4.27. The fraction of sp³-hybridized carbons (Fsp3) is 0.600. The molecule has 2 rings (SSSR count). The molecule has 6 nitrogen and oxygen atoms in total. The van der Waals surface area contributed by atoms with Gasteiger partial charge in [0.15, 0.2) is 12.0 Å². The summed E-state index contributed by atoms with van der Waals surface area (Å²) in [6.07, 6.45) is -1.30. The summed E-state index contributed by atoms with van der Waals surface area (Å²) in [5.74, 6) is -0.854. The predicted molar refractivity (Wildman–Crippen MR) is 66.2 cm³/mol. The van der Waals surface area contributed by atoms with E-state index in [0.29, 0.717) is 0 Å². The summed E-state index contributed by atoms with van der Waals surface area (Å²) in [6.45, 7) is 3.46. The van der Waals surface area contributed by atoms with E-state index in [1.165, 1.54) is 11.3 Å². The normalized spacial score (nSPS) is 27.5. The van der Waals surface area contributed by atoms with Gasteiger partial charge in [-0.3, -0.25) is 4.18 Å². The minimum absolute atomic E-state index is 0.490. The monoisotopic (exact) mass is 293 g/mol. The van der Waals surface area contributed by atoms with Gasteiger partial charge >= 0.3 is 10.3 Å². The van der Waals surface area contributed by atoms with Crippen molar-refractivity contribution in [1.29, 1.82) is 0 Å². The molecule has 0 saturated carbocycles. The quantitative estimate of drug-likeness (QED) is 0.908. The largest absolute Gasteiger partial charge is 0.338 e. The number of rotatable bonds is 4. The average molecular weight is 293 g/mol. The van der Waals surface area contributed by atoms with Crippen molar-refractivity contribution in [2.24, 2.45) is 0 Å².